The van der Waals surface area contributed by atoms with Gasteiger partial charge in [-0.1, -0.05) is 0 Å². The molecule has 56 valence electrons. The third-order valence-corrected chi connectivity index (χ3v) is 1.87. The molecule has 1 rings (SSSR count). The number of pyridine rings is 1. The van der Waals surface area contributed by atoms with Crippen molar-refractivity contribution in [3.05, 3.63) is 32.3 Å². The van der Waals surface area contributed by atoms with Gasteiger partial charge >= 0.3 is 0 Å². The molecule has 0 aliphatic carbocycles. The van der Waals surface area contributed by atoms with E-state index >= 15 is 0 Å². The Morgan fingerprint density at radius 1 is 1.73 bits per heavy atom. The highest BCUT2D eigenvalue weighted by Crippen LogP contribution is 1.97. The minimum absolute atomic E-state index is 0.121. The van der Waals surface area contributed by atoms with Crippen molar-refractivity contribution in [3.8, 4) is 6.07 Å². The Morgan fingerprint density at radius 2 is 2.45 bits per heavy atom. The number of halogens is 1. The third kappa shape index (κ3) is 2.05. The minimum atomic E-state index is -0.126. The molecule has 0 amide bonds. The number of hydrogen-bond acceptors (Lipinski definition) is 2. The van der Waals surface area contributed by atoms with E-state index in [1.54, 1.807) is 12.3 Å². The second kappa shape index (κ2) is 3.53. The number of hydrogen-bond donors (Lipinski definition) is 0. The van der Waals surface area contributed by atoms with Crippen LogP contribution in [-0.2, 0) is 6.54 Å². The lowest BCUT2D eigenvalue weighted by molar-refractivity contribution is 0.786. The Bertz CT molecular complexity index is 350. The van der Waals surface area contributed by atoms with E-state index in [-0.39, 0.29) is 12.1 Å². The van der Waals surface area contributed by atoms with Crippen LogP contribution >= 0.6 is 22.6 Å². The maximum Gasteiger partial charge on any atom is 0.252 e. The van der Waals surface area contributed by atoms with Crippen molar-refractivity contribution >= 4 is 22.6 Å². The Morgan fingerprint density at radius 3 is 3.00 bits per heavy atom. The summed E-state index contributed by atoms with van der Waals surface area (Å²) in [7, 11) is 0. The van der Waals surface area contributed by atoms with Gasteiger partial charge in [-0.3, -0.25) is 4.79 Å². The van der Waals surface area contributed by atoms with Gasteiger partial charge in [0.15, 0.2) is 0 Å². The molecular formula is C7H5IN2O. The van der Waals surface area contributed by atoms with Gasteiger partial charge in [-0.15, -0.1) is 0 Å². The molecule has 0 spiro atoms. The molecule has 0 aliphatic heterocycles. The first-order valence-electron chi connectivity index (χ1n) is 2.97. The van der Waals surface area contributed by atoms with Gasteiger partial charge in [-0.05, 0) is 28.7 Å². The fourth-order valence-corrected chi connectivity index (χ4v) is 1.12. The molecule has 1 aromatic rings. The van der Waals surface area contributed by atoms with E-state index in [0.29, 0.717) is 0 Å². The molecule has 11 heavy (non-hydrogen) atoms. The first-order valence-corrected chi connectivity index (χ1v) is 4.05. The number of nitriles is 1. The quantitative estimate of drug-likeness (QED) is 0.706. The monoisotopic (exact) mass is 260 g/mol. The molecule has 0 N–H and O–H groups in total. The Kier molecular flexibility index (Phi) is 2.65. The normalized spacial score (nSPS) is 9.09. The van der Waals surface area contributed by atoms with E-state index < -0.39 is 0 Å². The molecule has 0 radical (unpaired) electrons. The highest BCUT2D eigenvalue weighted by molar-refractivity contribution is 14.1. The van der Waals surface area contributed by atoms with Gasteiger partial charge in [0.2, 0.25) is 0 Å². The summed E-state index contributed by atoms with van der Waals surface area (Å²) < 4.78 is 2.25. The summed E-state index contributed by atoms with van der Waals surface area (Å²) in [6.45, 7) is 0.121. The first-order chi connectivity index (χ1) is 5.24. The molecule has 4 heteroatoms. The van der Waals surface area contributed by atoms with Crippen LogP contribution in [0.5, 0.6) is 0 Å². The summed E-state index contributed by atoms with van der Waals surface area (Å²) in [5, 5.41) is 8.30. The molecule has 0 unspecified atom stereocenters. The van der Waals surface area contributed by atoms with E-state index in [2.05, 4.69) is 22.6 Å². The summed E-state index contributed by atoms with van der Waals surface area (Å²) in [5.41, 5.74) is -0.126. The van der Waals surface area contributed by atoms with Gasteiger partial charge in [0.05, 0.1) is 6.07 Å². The predicted octanol–water partition coefficient (Wildman–Crippen LogP) is 0.976. The average Bonchev–Trinajstić information content (AvgIpc) is 1.95. The van der Waals surface area contributed by atoms with Crippen molar-refractivity contribution in [3.63, 3.8) is 0 Å². The largest absolute Gasteiger partial charge is 0.302 e. The average molecular weight is 260 g/mol. The van der Waals surface area contributed by atoms with E-state index in [9.17, 15) is 4.79 Å². The summed E-state index contributed by atoms with van der Waals surface area (Å²) in [6, 6.07) is 5.19. The summed E-state index contributed by atoms with van der Waals surface area (Å²) >= 11 is 2.05. The van der Waals surface area contributed by atoms with Crippen LogP contribution in [0.15, 0.2) is 23.1 Å². The molecule has 0 saturated heterocycles. The van der Waals surface area contributed by atoms with Crippen molar-refractivity contribution in [2.45, 2.75) is 6.54 Å². The number of aromatic nitrogens is 1. The lowest BCUT2D eigenvalue weighted by atomic mass is 10.5. The zero-order valence-corrected chi connectivity index (χ0v) is 7.78. The molecular weight excluding hydrogens is 255 g/mol. The fraction of sp³-hybridized carbons (Fsp3) is 0.143. The molecule has 0 fully saturated rings. The van der Waals surface area contributed by atoms with Crippen LogP contribution in [0.25, 0.3) is 0 Å². The van der Waals surface area contributed by atoms with Crippen LogP contribution in [0.4, 0.5) is 0 Å². The van der Waals surface area contributed by atoms with Crippen molar-refractivity contribution in [1.29, 1.82) is 5.26 Å². The summed E-state index contributed by atoms with van der Waals surface area (Å²) in [5.74, 6) is 0. The molecule has 0 aromatic carbocycles. The van der Waals surface area contributed by atoms with Crippen LogP contribution in [0, 0.1) is 14.9 Å². The van der Waals surface area contributed by atoms with Gasteiger partial charge in [0, 0.05) is 15.8 Å². The number of rotatable bonds is 1. The smallest absolute Gasteiger partial charge is 0.252 e. The lowest BCUT2D eigenvalue weighted by Gasteiger charge is -1.96. The zero-order valence-electron chi connectivity index (χ0n) is 5.62. The zero-order chi connectivity index (χ0) is 8.27. The summed E-state index contributed by atoms with van der Waals surface area (Å²) in [4.78, 5) is 11.0. The van der Waals surface area contributed by atoms with Crippen LogP contribution in [0.1, 0.15) is 0 Å². The molecule has 3 nitrogen and oxygen atoms in total. The molecule has 0 saturated carbocycles. The standard InChI is InChI=1S/C7H5IN2O/c8-6-1-3-10(4-2-9)7(11)5-6/h1,3,5H,4H2. The van der Waals surface area contributed by atoms with Gasteiger partial charge in [-0.25, -0.2) is 0 Å². The maximum atomic E-state index is 11.0. The molecule has 0 bridgehead atoms. The second-order valence-corrected chi connectivity index (χ2v) is 3.21. The van der Waals surface area contributed by atoms with Crippen molar-refractivity contribution < 1.29 is 0 Å². The topological polar surface area (TPSA) is 45.8 Å². The van der Waals surface area contributed by atoms with Crippen molar-refractivity contribution in [2.24, 2.45) is 0 Å². The maximum absolute atomic E-state index is 11.0. The van der Waals surface area contributed by atoms with Gasteiger partial charge < -0.3 is 4.57 Å². The summed E-state index contributed by atoms with van der Waals surface area (Å²) in [6.07, 6.45) is 1.62. The Balaban J connectivity index is 3.12. The van der Waals surface area contributed by atoms with Crippen LogP contribution < -0.4 is 5.56 Å². The number of nitrogens with zero attached hydrogens (tertiary/aromatic N) is 2. The van der Waals surface area contributed by atoms with E-state index in [4.69, 9.17) is 5.26 Å². The Hall–Kier alpha value is -0.830. The molecule has 1 aromatic heterocycles. The minimum Gasteiger partial charge on any atom is -0.302 e. The second-order valence-electron chi connectivity index (χ2n) is 1.97. The molecule has 1 heterocycles. The van der Waals surface area contributed by atoms with Gasteiger partial charge in [0.25, 0.3) is 5.56 Å². The Labute approximate surface area is 77.4 Å². The van der Waals surface area contributed by atoms with Crippen LogP contribution in [0.2, 0.25) is 0 Å². The lowest BCUT2D eigenvalue weighted by Crippen LogP contribution is -2.17. The third-order valence-electron chi connectivity index (χ3n) is 1.20. The predicted molar refractivity (Wildman–Crippen MR) is 49.0 cm³/mol. The van der Waals surface area contributed by atoms with Crippen LogP contribution in [-0.4, -0.2) is 4.57 Å². The van der Waals surface area contributed by atoms with Crippen molar-refractivity contribution in [1.82, 2.24) is 4.57 Å². The highest BCUT2D eigenvalue weighted by Gasteiger charge is 1.93. The first kappa shape index (κ1) is 8.27. The van der Waals surface area contributed by atoms with E-state index in [1.165, 1.54) is 10.6 Å². The highest BCUT2D eigenvalue weighted by atomic mass is 127. The van der Waals surface area contributed by atoms with Gasteiger partial charge in [0.1, 0.15) is 6.54 Å². The van der Waals surface area contributed by atoms with E-state index in [1.807, 2.05) is 6.07 Å². The van der Waals surface area contributed by atoms with E-state index in [0.717, 1.165) is 3.57 Å². The molecule has 0 aliphatic rings. The SMILES string of the molecule is N#CCn1ccc(I)cc1=O. The van der Waals surface area contributed by atoms with Gasteiger partial charge in [-0.2, -0.15) is 5.26 Å². The van der Waals surface area contributed by atoms with Crippen molar-refractivity contribution in [2.75, 3.05) is 0 Å². The van der Waals surface area contributed by atoms with Crippen LogP contribution in [0.3, 0.4) is 0 Å². The molecule has 0 atom stereocenters. The fourth-order valence-electron chi connectivity index (χ4n) is 0.690.